The molecule has 0 amide bonds. The highest BCUT2D eigenvalue weighted by molar-refractivity contribution is 5.78. The summed E-state index contributed by atoms with van der Waals surface area (Å²) in [4.78, 5) is 26.2. The van der Waals surface area contributed by atoms with E-state index in [1.54, 1.807) is 12.2 Å². The average molecular weight is 457 g/mol. The first-order valence-electron chi connectivity index (χ1n) is 12.0. The van der Waals surface area contributed by atoms with Crippen LogP contribution in [-0.4, -0.2) is 67.4 Å². The number of hydrogen-bond acceptors (Lipinski definition) is 8. The molecule has 4 rings (SSSR count). The van der Waals surface area contributed by atoms with Gasteiger partial charge in [-0.15, -0.1) is 0 Å². The highest BCUT2D eigenvalue weighted by Crippen LogP contribution is 2.43. The lowest BCUT2D eigenvalue weighted by molar-refractivity contribution is -0.161. The van der Waals surface area contributed by atoms with E-state index in [2.05, 4.69) is 21.8 Å². The number of aromatic nitrogens is 1. The van der Waals surface area contributed by atoms with E-state index in [9.17, 15) is 4.79 Å². The zero-order valence-electron chi connectivity index (χ0n) is 20.0. The van der Waals surface area contributed by atoms with Gasteiger partial charge in [-0.25, -0.2) is 9.86 Å². The molecule has 0 aromatic carbocycles. The Morgan fingerprint density at radius 3 is 2.94 bits per heavy atom. The molecule has 0 spiro atoms. The lowest BCUT2D eigenvalue weighted by Gasteiger charge is -2.32. The summed E-state index contributed by atoms with van der Waals surface area (Å²) in [6, 6.07) is 3.49. The quantitative estimate of drug-likeness (QED) is 0.327. The number of rotatable bonds is 10. The summed E-state index contributed by atoms with van der Waals surface area (Å²) in [5, 5.41) is 5.22. The Kier molecular flexibility index (Phi) is 7.55. The SMILES string of the molecule is C=C(OC)C1=C(N(C)O[C@@H]2CCN(C(C(=O)OCC)c3cccnc3C3CC3)C2)NCCC1. The molecule has 8 nitrogen and oxygen atoms in total. The third-order valence-corrected chi connectivity index (χ3v) is 6.57. The van der Waals surface area contributed by atoms with E-state index in [0.29, 0.717) is 24.8 Å². The normalized spacial score (nSPS) is 22.0. The van der Waals surface area contributed by atoms with Gasteiger partial charge in [-0.3, -0.25) is 14.7 Å². The van der Waals surface area contributed by atoms with E-state index in [4.69, 9.17) is 14.3 Å². The van der Waals surface area contributed by atoms with Gasteiger partial charge in [0.1, 0.15) is 17.6 Å². The van der Waals surface area contributed by atoms with Crippen molar-refractivity contribution in [2.24, 2.45) is 0 Å². The zero-order valence-corrected chi connectivity index (χ0v) is 20.0. The summed E-state index contributed by atoms with van der Waals surface area (Å²) < 4.78 is 10.9. The van der Waals surface area contributed by atoms with Gasteiger partial charge in [0.05, 0.1) is 19.8 Å². The lowest BCUT2D eigenvalue weighted by atomic mass is 10.0. The fourth-order valence-electron chi connectivity index (χ4n) is 4.80. The van der Waals surface area contributed by atoms with Crippen LogP contribution >= 0.6 is 0 Å². The molecule has 0 bridgehead atoms. The van der Waals surface area contributed by atoms with Crippen molar-refractivity contribution in [1.29, 1.82) is 0 Å². The molecule has 1 N–H and O–H groups in total. The molecule has 2 atom stereocenters. The number of likely N-dealkylation sites (tertiary alicyclic amines) is 1. The smallest absolute Gasteiger partial charge is 0.328 e. The van der Waals surface area contributed by atoms with Gasteiger partial charge in [0.15, 0.2) is 0 Å². The Morgan fingerprint density at radius 2 is 2.21 bits per heavy atom. The van der Waals surface area contributed by atoms with Gasteiger partial charge in [0, 0.05) is 55.6 Å². The molecule has 1 aromatic heterocycles. The summed E-state index contributed by atoms with van der Waals surface area (Å²) in [5.74, 6) is 1.80. The highest BCUT2D eigenvalue weighted by atomic mass is 16.7. The zero-order chi connectivity index (χ0) is 23.4. The Balaban J connectivity index is 1.49. The summed E-state index contributed by atoms with van der Waals surface area (Å²) in [7, 11) is 3.55. The van der Waals surface area contributed by atoms with Crippen LogP contribution in [0.15, 0.2) is 42.1 Å². The van der Waals surface area contributed by atoms with Crippen LogP contribution in [0.4, 0.5) is 0 Å². The maximum absolute atomic E-state index is 13.1. The summed E-state index contributed by atoms with van der Waals surface area (Å²) in [5.41, 5.74) is 3.05. The molecule has 8 heteroatoms. The number of nitrogens with zero attached hydrogens (tertiary/aromatic N) is 3. The largest absolute Gasteiger partial charge is 0.497 e. The van der Waals surface area contributed by atoms with Crippen molar-refractivity contribution in [3.05, 3.63) is 53.3 Å². The molecule has 1 aliphatic carbocycles. The summed E-state index contributed by atoms with van der Waals surface area (Å²) in [6.45, 7) is 8.51. The standard InChI is InChI=1S/C25H36N4O4/c1-5-32-25(30)23(21-9-7-13-26-22(21)18-10-11-18)29-15-12-19(16-29)33-28(3)24-20(17(2)31-4)8-6-14-27-24/h7,9,13,18-19,23,27H,2,5-6,8,10-12,14-16H2,1,3-4H3/t19-,23?/m1/s1. The second-order valence-electron chi connectivity index (χ2n) is 8.90. The van der Waals surface area contributed by atoms with Crippen LogP contribution in [-0.2, 0) is 19.1 Å². The number of hydrogen-bond donors (Lipinski definition) is 1. The molecule has 1 saturated carbocycles. The van der Waals surface area contributed by atoms with Crippen molar-refractivity contribution in [3.63, 3.8) is 0 Å². The van der Waals surface area contributed by atoms with Gasteiger partial charge in [-0.2, -0.15) is 0 Å². The van der Waals surface area contributed by atoms with Gasteiger partial charge >= 0.3 is 5.97 Å². The Bertz CT molecular complexity index is 898. The Hall–Kier alpha value is -2.58. The van der Waals surface area contributed by atoms with E-state index in [1.807, 2.05) is 32.3 Å². The molecule has 1 aromatic rings. The molecule has 180 valence electrons. The van der Waals surface area contributed by atoms with E-state index >= 15 is 0 Å². The van der Waals surface area contributed by atoms with Crippen molar-refractivity contribution < 1.29 is 19.1 Å². The topological polar surface area (TPSA) is 76.2 Å². The lowest BCUT2D eigenvalue weighted by Crippen LogP contribution is -2.39. The number of methoxy groups -OCH3 is 1. The number of ether oxygens (including phenoxy) is 2. The number of allylic oxidation sites excluding steroid dienone is 1. The number of carbonyl (C=O) groups excluding carboxylic acids is 1. The van der Waals surface area contributed by atoms with E-state index in [1.165, 1.54) is 0 Å². The van der Waals surface area contributed by atoms with Crippen molar-refractivity contribution in [3.8, 4) is 0 Å². The van der Waals surface area contributed by atoms with Gasteiger partial charge in [-0.05, 0) is 45.1 Å². The molecule has 3 heterocycles. The van der Waals surface area contributed by atoms with Crippen LogP contribution in [0, 0.1) is 0 Å². The maximum atomic E-state index is 13.1. The fourth-order valence-corrected chi connectivity index (χ4v) is 4.80. The molecule has 1 unspecified atom stereocenters. The van der Waals surface area contributed by atoms with Crippen LogP contribution < -0.4 is 5.32 Å². The monoisotopic (exact) mass is 456 g/mol. The summed E-state index contributed by atoms with van der Waals surface area (Å²) >= 11 is 0. The number of pyridine rings is 1. The van der Waals surface area contributed by atoms with Gasteiger partial charge in [-0.1, -0.05) is 12.6 Å². The second kappa shape index (κ2) is 10.6. The first-order valence-corrected chi connectivity index (χ1v) is 12.0. The van der Waals surface area contributed by atoms with Gasteiger partial charge in [0.25, 0.3) is 0 Å². The first-order chi connectivity index (χ1) is 16.0. The van der Waals surface area contributed by atoms with Crippen LogP contribution in [0.3, 0.4) is 0 Å². The fraction of sp³-hybridized carbons (Fsp3) is 0.600. The van der Waals surface area contributed by atoms with Crippen molar-refractivity contribution >= 4 is 5.97 Å². The average Bonchev–Trinajstić information content (AvgIpc) is 3.59. The van der Waals surface area contributed by atoms with E-state index in [-0.39, 0.29) is 12.1 Å². The van der Waals surface area contributed by atoms with Gasteiger partial charge in [0.2, 0.25) is 0 Å². The third kappa shape index (κ3) is 5.33. The van der Waals surface area contributed by atoms with E-state index < -0.39 is 6.04 Å². The predicted molar refractivity (Wildman–Crippen MR) is 125 cm³/mol. The van der Waals surface area contributed by atoms with Crippen molar-refractivity contribution in [2.45, 2.75) is 57.1 Å². The molecule has 2 fully saturated rings. The predicted octanol–water partition coefficient (Wildman–Crippen LogP) is 3.26. The van der Waals surface area contributed by atoms with Crippen LogP contribution in [0.25, 0.3) is 0 Å². The van der Waals surface area contributed by atoms with Crippen LogP contribution in [0.5, 0.6) is 0 Å². The minimum absolute atomic E-state index is 0.0405. The minimum Gasteiger partial charge on any atom is -0.497 e. The molecule has 3 aliphatic rings. The number of hydroxylamine groups is 2. The van der Waals surface area contributed by atoms with Gasteiger partial charge < -0.3 is 14.8 Å². The molecular weight excluding hydrogens is 420 g/mol. The maximum Gasteiger partial charge on any atom is 0.328 e. The Morgan fingerprint density at radius 1 is 1.39 bits per heavy atom. The van der Waals surface area contributed by atoms with E-state index in [0.717, 1.165) is 67.8 Å². The number of esters is 1. The molecule has 0 radical (unpaired) electrons. The second-order valence-corrected chi connectivity index (χ2v) is 8.90. The molecule has 2 aliphatic heterocycles. The minimum atomic E-state index is -0.455. The Labute approximate surface area is 196 Å². The van der Waals surface area contributed by atoms with Crippen LogP contribution in [0.2, 0.25) is 0 Å². The third-order valence-electron chi connectivity index (χ3n) is 6.57. The number of nitrogens with one attached hydrogen (secondary N) is 1. The molecule has 33 heavy (non-hydrogen) atoms. The molecule has 1 saturated heterocycles. The summed E-state index contributed by atoms with van der Waals surface area (Å²) in [6.07, 6.45) is 6.80. The first kappa shape index (κ1) is 23.6. The van der Waals surface area contributed by atoms with Crippen LogP contribution in [0.1, 0.15) is 62.2 Å². The van der Waals surface area contributed by atoms with Crippen molar-refractivity contribution in [1.82, 2.24) is 20.3 Å². The number of carbonyl (C=O) groups is 1. The van der Waals surface area contributed by atoms with Crippen molar-refractivity contribution in [2.75, 3.05) is 40.4 Å². The highest BCUT2D eigenvalue weighted by Gasteiger charge is 2.39. The molecular formula is C25H36N4O4.